The van der Waals surface area contributed by atoms with Gasteiger partial charge in [0.2, 0.25) is 0 Å². The van der Waals surface area contributed by atoms with Gasteiger partial charge in [0.05, 0.1) is 18.3 Å². The number of rotatable bonds is 8. The molecule has 0 saturated heterocycles. The zero-order valence-electron chi connectivity index (χ0n) is 19.5. The van der Waals surface area contributed by atoms with E-state index in [4.69, 9.17) is 9.84 Å². The molecule has 3 aromatic rings. The molecule has 0 spiro atoms. The minimum atomic E-state index is -0.986. The van der Waals surface area contributed by atoms with Crippen molar-refractivity contribution in [2.24, 2.45) is 5.92 Å². The van der Waals surface area contributed by atoms with Gasteiger partial charge in [0.15, 0.2) is 0 Å². The highest BCUT2D eigenvalue weighted by molar-refractivity contribution is 5.93. The molecule has 8 nitrogen and oxygen atoms in total. The highest BCUT2D eigenvalue weighted by Crippen LogP contribution is 2.44. The molecule has 35 heavy (non-hydrogen) atoms. The maximum absolute atomic E-state index is 12.4. The van der Waals surface area contributed by atoms with E-state index in [0.717, 1.165) is 22.3 Å². The van der Waals surface area contributed by atoms with Crippen molar-refractivity contribution in [3.8, 4) is 11.1 Å². The number of pyridine rings is 1. The maximum atomic E-state index is 12.4. The molecule has 0 bridgehead atoms. The molecule has 2 amide bonds. The summed E-state index contributed by atoms with van der Waals surface area (Å²) in [6, 6.07) is 18.7. The number of hydrogen-bond acceptors (Lipinski definition) is 5. The van der Waals surface area contributed by atoms with E-state index in [1.54, 1.807) is 6.07 Å². The van der Waals surface area contributed by atoms with E-state index in [2.05, 4.69) is 39.9 Å². The van der Waals surface area contributed by atoms with Crippen molar-refractivity contribution in [1.29, 1.82) is 0 Å². The van der Waals surface area contributed by atoms with E-state index in [1.807, 2.05) is 38.1 Å². The van der Waals surface area contributed by atoms with Crippen molar-refractivity contribution < 1.29 is 24.2 Å². The lowest BCUT2D eigenvalue weighted by Crippen LogP contribution is -2.40. The number of amides is 2. The highest BCUT2D eigenvalue weighted by Gasteiger charge is 2.29. The Morgan fingerprint density at radius 2 is 1.60 bits per heavy atom. The molecule has 0 saturated carbocycles. The van der Waals surface area contributed by atoms with Crippen molar-refractivity contribution in [2.75, 3.05) is 11.9 Å². The number of aromatic nitrogens is 1. The third-order valence-electron chi connectivity index (χ3n) is 6.10. The van der Waals surface area contributed by atoms with E-state index >= 15 is 0 Å². The van der Waals surface area contributed by atoms with Crippen LogP contribution in [0.25, 0.3) is 11.1 Å². The zero-order chi connectivity index (χ0) is 24.9. The van der Waals surface area contributed by atoms with Crippen LogP contribution in [0.1, 0.15) is 47.8 Å². The van der Waals surface area contributed by atoms with E-state index in [-0.39, 0.29) is 30.6 Å². The average Bonchev–Trinajstić information content (AvgIpc) is 3.16. The van der Waals surface area contributed by atoms with Gasteiger partial charge in [-0.1, -0.05) is 62.4 Å². The molecule has 1 aromatic heterocycles. The van der Waals surface area contributed by atoms with Gasteiger partial charge in [0, 0.05) is 12.0 Å². The number of nitrogens with zero attached hydrogens (tertiary/aromatic N) is 1. The van der Waals surface area contributed by atoms with E-state index in [9.17, 15) is 14.4 Å². The average molecular weight is 474 g/mol. The van der Waals surface area contributed by atoms with Crippen LogP contribution < -0.4 is 10.6 Å². The Morgan fingerprint density at radius 1 is 0.971 bits per heavy atom. The van der Waals surface area contributed by atoms with Gasteiger partial charge in [-0.25, -0.2) is 9.78 Å². The molecular weight excluding hydrogens is 446 g/mol. The predicted molar refractivity (Wildman–Crippen MR) is 131 cm³/mol. The number of nitrogens with one attached hydrogen (secondary N) is 2. The SMILES string of the molecule is CC(C)[C@H](CC(=O)O)NC(=O)c1ccc(NC(=O)OCC2c3ccccc3-c3ccccc32)cn1. The van der Waals surface area contributed by atoms with Crippen LogP contribution in [0, 0.1) is 5.92 Å². The van der Waals surface area contributed by atoms with Gasteiger partial charge in [-0.05, 0) is 40.3 Å². The molecule has 1 heterocycles. The monoisotopic (exact) mass is 473 g/mol. The molecule has 180 valence electrons. The fourth-order valence-corrected chi connectivity index (χ4v) is 4.24. The Kier molecular flexibility index (Phi) is 7.10. The third kappa shape index (κ3) is 5.48. The predicted octanol–water partition coefficient (Wildman–Crippen LogP) is 4.67. The quantitative estimate of drug-likeness (QED) is 0.438. The number of carbonyl (C=O) groups excluding carboxylic acids is 2. The molecule has 1 aliphatic rings. The van der Waals surface area contributed by atoms with Gasteiger partial charge in [-0.15, -0.1) is 0 Å². The second-order valence-corrected chi connectivity index (χ2v) is 8.80. The van der Waals surface area contributed by atoms with Crippen LogP contribution in [0.3, 0.4) is 0 Å². The molecule has 1 atom stereocenters. The fourth-order valence-electron chi connectivity index (χ4n) is 4.24. The van der Waals surface area contributed by atoms with Gasteiger partial charge in [0.1, 0.15) is 12.3 Å². The largest absolute Gasteiger partial charge is 0.481 e. The number of aliphatic carboxylic acids is 1. The second-order valence-electron chi connectivity index (χ2n) is 8.80. The minimum absolute atomic E-state index is 0.0444. The number of carbonyl (C=O) groups is 3. The van der Waals surface area contributed by atoms with Crippen LogP contribution in [0.4, 0.5) is 10.5 Å². The van der Waals surface area contributed by atoms with Gasteiger partial charge in [-0.2, -0.15) is 0 Å². The fraction of sp³-hybridized carbons (Fsp3) is 0.259. The Hall–Kier alpha value is -4.20. The van der Waals surface area contributed by atoms with Crippen LogP contribution in [0.15, 0.2) is 66.9 Å². The van der Waals surface area contributed by atoms with E-state index in [0.29, 0.717) is 5.69 Å². The number of fused-ring (bicyclic) bond motifs is 3. The number of carboxylic acid groups (broad SMARTS) is 1. The number of benzene rings is 2. The van der Waals surface area contributed by atoms with Crippen LogP contribution in [-0.4, -0.2) is 40.7 Å². The standard InChI is InChI=1S/C27H27N3O5/c1-16(2)24(13-25(31)32)30-26(33)23-12-11-17(14-28-23)29-27(34)35-15-22-20-9-5-3-7-18(20)19-8-4-6-10-21(19)22/h3-12,14,16,22,24H,13,15H2,1-2H3,(H,29,34)(H,30,33)(H,31,32)/t24-/m0/s1. The van der Waals surface area contributed by atoms with E-state index in [1.165, 1.54) is 12.3 Å². The minimum Gasteiger partial charge on any atom is -0.481 e. The topological polar surface area (TPSA) is 118 Å². The molecule has 1 aliphatic carbocycles. The summed E-state index contributed by atoms with van der Waals surface area (Å²) in [4.78, 5) is 40.0. The number of ether oxygens (including phenoxy) is 1. The first kappa shape index (κ1) is 23.9. The first-order valence-electron chi connectivity index (χ1n) is 11.4. The molecule has 0 aliphatic heterocycles. The molecular formula is C27H27N3O5. The van der Waals surface area contributed by atoms with Gasteiger partial charge in [0.25, 0.3) is 5.91 Å². The summed E-state index contributed by atoms with van der Waals surface area (Å²) in [7, 11) is 0. The van der Waals surface area contributed by atoms with Crippen molar-refractivity contribution in [1.82, 2.24) is 10.3 Å². The number of anilines is 1. The first-order chi connectivity index (χ1) is 16.8. The lowest BCUT2D eigenvalue weighted by Gasteiger charge is -2.20. The van der Waals surface area contributed by atoms with Gasteiger partial charge < -0.3 is 15.2 Å². The lowest BCUT2D eigenvalue weighted by molar-refractivity contribution is -0.137. The van der Waals surface area contributed by atoms with Crippen LogP contribution in [-0.2, 0) is 9.53 Å². The Morgan fingerprint density at radius 3 is 2.14 bits per heavy atom. The summed E-state index contributed by atoms with van der Waals surface area (Å²) in [5, 5.41) is 14.4. The summed E-state index contributed by atoms with van der Waals surface area (Å²) < 4.78 is 5.52. The summed E-state index contributed by atoms with van der Waals surface area (Å²) in [6.07, 6.45) is 0.565. The Bertz CT molecular complexity index is 1190. The summed E-state index contributed by atoms with van der Waals surface area (Å²) in [5.41, 5.74) is 5.06. The molecule has 0 fully saturated rings. The maximum Gasteiger partial charge on any atom is 0.411 e. The lowest BCUT2D eigenvalue weighted by atomic mass is 9.98. The molecule has 8 heteroatoms. The molecule has 2 aromatic carbocycles. The van der Waals surface area contributed by atoms with Crippen molar-refractivity contribution in [3.63, 3.8) is 0 Å². The van der Waals surface area contributed by atoms with Crippen LogP contribution >= 0.6 is 0 Å². The van der Waals surface area contributed by atoms with Gasteiger partial charge in [-0.3, -0.25) is 14.9 Å². The number of hydrogen-bond donors (Lipinski definition) is 3. The molecule has 0 unspecified atom stereocenters. The van der Waals surface area contributed by atoms with Crippen LogP contribution in [0.5, 0.6) is 0 Å². The summed E-state index contributed by atoms with van der Waals surface area (Å²) in [5.74, 6) is -1.56. The van der Waals surface area contributed by atoms with Crippen molar-refractivity contribution in [2.45, 2.75) is 32.2 Å². The summed E-state index contributed by atoms with van der Waals surface area (Å²) >= 11 is 0. The summed E-state index contributed by atoms with van der Waals surface area (Å²) in [6.45, 7) is 3.86. The zero-order valence-corrected chi connectivity index (χ0v) is 19.5. The third-order valence-corrected chi connectivity index (χ3v) is 6.10. The van der Waals surface area contributed by atoms with Crippen LogP contribution in [0.2, 0.25) is 0 Å². The van der Waals surface area contributed by atoms with Gasteiger partial charge >= 0.3 is 12.1 Å². The number of carboxylic acids is 1. The molecule has 3 N–H and O–H groups in total. The highest BCUT2D eigenvalue weighted by atomic mass is 16.5. The molecule has 4 rings (SSSR count). The molecule has 0 radical (unpaired) electrons. The van der Waals surface area contributed by atoms with Crippen molar-refractivity contribution >= 4 is 23.7 Å². The first-order valence-corrected chi connectivity index (χ1v) is 11.4. The Balaban J connectivity index is 1.35. The van der Waals surface area contributed by atoms with Crippen molar-refractivity contribution in [3.05, 3.63) is 83.7 Å². The van der Waals surface area contributed by atoms with E-state index < -0.39 is 24.0 Å². The normalized spacial score (nSPS) is 13.0. The second kappa shape index (κ2) is 10.4. The Labute approximate surface area is 203 Å². The smallest absolute Gasteiger partial charge is 0.411 e.